The molecule has 1 aromatic rings. The Kier molecular flexibility index (Phi) is 16.2. The molecule has 3 N–H and O–H groups in total. The van der Waals surface area contributed by atoms with Gasteiger partial charge in [0.1, 0.15) is 0 Å². The summed E-state index contributed by atoms with van der Waals surface area (Å²) in [6, 6.07) is 2.13. The number of rotatable bonds is 3. The molecule has 23 heavy (non-hydrogen) atoms. The van der Waals surface area contributed by atoms with Gasteiger partial charge in [-0.05, 0) is 18.2 Å². The summed E-state index contributed by atoms with van der Waals surface area (Å²) < 4.78 is 30.2. The Hall–Kier alpha value is -0.670. The fourth-order valence-electron chi connectivity index (χ4n) is 0.995. The molecular formula is C14H20CaO7S. The maximum atomic E-state index is 10.8. The van der Waals surface area contributed by atoms with Crippen molar-refractivity contribution in [2.24, 2.45) is 0 Å². The number of aromatic carboxylic acids is 2. The predicted octanol–water partition coefficient (Wildman–Crippen LogP) is 2.41. The maximum absolute atomic E-state index is 10.8. The third-order valence-corrected chi connectivity index (χ3v) is 2.53. The Morgan fingerprint density at radius 3 is 1.39 bits per heavy atom. The average molecular weight is 372 g/mol. The van der Waals surface area contributed by atoms with Crippen molar-refractivity contribution < 1.29 is 32.8 Å². The number of benzene rings is 1. The number of hydrogen-bond donors (Lipinski definition) is 3. The van der Waals surface area contributed by atoms with Crippen LogP contribution in [0.5, 0.6) is 0 Å². The van der Waals surface area contributed by atoms with Gasteiger partial charge in [-0.1, -0.05) is 13.8 Å². The Labute approximate surface area is 166 Å². The normalized spacial score (nSPS) is 9.26. The molecule has 0 saturated carbocycles. The van der Waals surface area contributed by atoms with E-state index in [1.165, 1.54) is 0 Å². The standard InChI is InChI=1S/C8H6O7S.2C3H7.Ca/c9-7(10)4-1-5(8(11)12)3-6(2-4)16(13,14)15;2*1-3-2;/h1-3H,(H,9,10)(H,11,12)(H,13,14,15);2*1,3H2,2H3;/q;2*-1;+2. The molecule has 0 unspecified atom stereocenters. The zero-order valence-electron chi connectivity index (χ0n) is 13.2. The van der Waals surface area contributed by atoms with Crippen molar-refractivity contribution in [2.45, 2.75) is 31.6 Å². The SMILES string of the molecule is O=C(O)c1cc(C(=O)O)cc(S(=O)(=O)O)c1.[CH2-]CC.[CH2-]CC.[Ca+2]. The van der Waals surface area contributed by atoms with Crippen molar-refractivity contribution in [1.29, 1.82) is 0 Å². The average Bonchev–Trinajstić information content (AvgIpc) is 2.39. The molecule has 0 spiro atoms. The first-order valence-electron chi connectivity index (χ1n) is 6.22. The van der Waals surface area contributed by atoms with Crippen LogP contribution >= 0.6 is 0 Å². The molecule has 1 aromatic carbocycles. The molecule has 126 valence electrons. The molecule has 0 radical (unpaired) electrons. The minimum atomic E-state index is -4.64. The zero-order chi connectivity index (χ0) is 17.9. The second-order valence-corrected chi connectivity index (χ2v) is 5.25. The molecule has 7 nitrogen and oxygen atoms in total. The van der Waals surface area contributed by atoms with E-state index in [-0.39, 0.29) is 37.7 Å². The van der Waals surface area contributed by atoms with Gasteiger partial charge in [-0.25, -0.2) is 9.59 Å². The van der Waals surface area contributed by atoms with Crippen molar-refractivity contribution in [1.82, 2.24) is 0 Å². The molecule has 0 aliphatic carbocycles. The molecule has 0 heterocycles. The van der Waals surface area contributed by atoms with E-state index < -0.39 is 38.1 Å². The van der Waals surface area contributed by atoms with Crippen LogP contribution in [0.3, 0.4) is 0 Å². The van der Waals surface area contributed by atoms with Gasteiger partial charge >= 0.3 is 49.7 Å². The smallest absolute Gasteiger partial charge is 0.478 e. The number of hydrogen-bond acceptors (Lipinski definition) is 4. The summed E-state index contributed by atoms with van der Waals surface area (Å²) in [5.74, 6) is -2.99. The summed E-state index contributed by atoms with van der Waals surface area (Å²) >= 11 is 0. The first-order chi connectivity index (χ1) is 10.0. The fraction of sp³-hybridized carbons (Fsp3) is 0.286. The third-order valence-electron chi connectivity index (χ3n) is 1.70. The molecule has 0 bridgehead atoms. The van der Waals surface area contributed by atoms with Crippen LogP contribution in [0.2, 0.25) is 0 Å². The zero-order valence-corrected chi connectivity index (χ0v) is 16.2. The van der Waals surface area contributed by atoms with E-state index in [1.807, 2.05) is 13.8 Å². The molecule has 1 rings (SSSR count). The predicted molar refractivity (Wildman–Crippen MR) is 87.2 cm³/mol. The largest absolute Gasteiger partial charge is 2.00 e. The van der Waals surface area contributed by atoms with Gasteiger partial charge in [-0.15, -0.1) is 0 Å². The summed E-state index contributed by atoms with van der Waals surface area (Å²) in [6.07, 6.45) is 2.00. The van der Waals surface area contributed by atoms with Crippen molar-refractivity contribution in [3.05, 3.63) is 43.2 Å². The minimum Gasteiger partial charge on any atom is -0.478 e. The molecule has 0 aliphatic heterocycles. The molecule has 0 amide bonds. The Bertz CT molecular complexity index is 563. The Morgan fingerprint density at radius 2 is 1.22 bits per heavy atom. The van der Waals surface area contributed by atoms with Crippen molar-refractivity contribution in [2.75, 3.05) is 0 Å². The summed E-state index contributed by atoms with van der Waals surface area (Å²) in [4.78, 5) is 20.4. The van der Waals surface area contributed by atoms with Crippen LogP contribution in [0.1, 0.15) is 47.4 Å². The summed E-state index contributed by atoms with van der Waals surface area (Å²) in [6.45, 7) is 11.0. The summed E-state index contributed by atoms with van der Waals surface area (Å²) in [7, 11) is -4.64. The van der Waals surface area contributed by atoms with Gasteiger partial charge in [0.25, 0.3) is 10.1 Å². The van der Waals surface area contributed by atoms with E-state index in [2.05, 4.69) is 13.8 Å². The number of carboxylic acids is 2. The molecule has 0 atom stereocenters. The Balaban J connectivity index is -0.000000497. The molecule has 9 heteroatoms. The monoisotopic (exact) mass is 372 g/mol. The van der Waals surface area contributed by atoms with E-state index in [9.17, 15) is 18.0 Å². The van der Waals surface area contributed by atoms with Crippen LogP contribution in [0.4, 0.5) is 0 Å². The minimum absolute atomic E-state index is 0. The molecular weight excluding hydrogens is 352 g/mol. The number of carbonyl (C=O) groups is 2. The molecule has 0 aromatic heterocycles. The van der Waals surface area contributed by atoms with Crippen LogP contribution < -0.4 is 0 Å². The van der Waals surface area contributed by atoms with Crippen molar-refractivity contribution >= 4 is 59.8 Å². The van der Waals surface area contributed by atoms with Crippen molar-refractivity contribution in [3.8, 4) is 0 Å². The molecule has 0 fully saturated rings. The van der Waals surface area contributed by atoms with Crippen LogP contribution in [0.25, 0.3) is 0 Å². The first-order valence-corrected chi connectivity index (χ1v) is 7.66. The van der Waals surface area contributed by atoms with E-state index in [0.29, 0.717) is 12.1 Å². The van der Waals surface area contributed by atoms with Gasteiger partial charge < -0.3 is 24.1 Å². The quantitative estimate of drug-likeness (QED) is 0.422. The van der Waals surface area contributed by atoms with Crippen LogP contribution in [0.15, 0.2) is 23.1 Å². The fourth-order valence-corrected chi connectivity index (χ4v) is 1.55. The topological polar surface area (TPSA) is 129 Å². The second-order valence-electron chi connectivity index (χ2n) is 3.83. The van der Waals surface area contributed by atoms with Gasteiger partial charge in [0.05, 0.1) is 16.0 Å². The van der Waals surface area contributed by atoms with Crippen LogP contribution in [0, 0.1) is 13.8 Å². The second kappa shape index (κ2) is 13.7. The van der Waals surface area contributed by atoms with E-state index >= 15 is 0 Å². The van der Waals surface area contributed by atoms with Gasteiger partial charge in [-0.3, -0.25) is 4.55 Å². The number of carboxylic acid groups (broad SMARTS) is 2. The van der Waals surface area contributed by atoms with Gasteiger partial charge in [0.2, 0.25) is 0 Å². The van der Waals surface area contributed by atoms with Gasteiger partial charge in [0.15, 0.2) is 0 Å². The van der Waals surface area contributed by atoms with Gasteiger partial charge in [-0.2, -0.15) is 21.3 Å². The van der Waals surface area contributed by atoms with Crippen molar-refractivity contribution in [3.63, 3.8) is 0 Å². The summed E-state index contributed by atoms with van der Waals surface area (Å²) in [5.41, 5.74) is -1.07. The Morgan fingerprint density at radius 1 is 0.957 bits per heavy atom. The molecule has 0 saturated heterocycles. The van der Waals surface area contributed by atoms with Gasteiger partial charge in [0, 0.05) is 0 Å². The van der Waals surface area contributed by atoms with E-state index in [4.69, 9.17) is 14.8 Å². The molecule has 0 aliphatic rings. The summed E-state index contributed by atoms with van der Waals surface area (Å²) in [5, 5.41) is 17.2. The maximum Gasteiger partial charge on any atom is 2.00 e. The first kappa shape index (κ1) is 27.2. The third kappa shape index (κ3) is 12.4. The van der Waals surface area contributed by atoms with E-state index in [0.717, 1.165) is 18.9 Å². The van der Waals surface area contributed by atoms with Crippen LogP contribution in [-0.4, -0.2) is 72.9 Å². The van der Waals surface area contributed by atoms with E-state index in [1.54, 1.807) is 0 Å². The van der Waals surface area contributed by atoms with Crippen LogP contribution in [-0.2, 0) is 10.1 Å².